The van der Waals surface area contributed by atoms with Crippen LogP contribution in [0.1, 0.15) is 19.8 Å². The van der Waals surface area contributed by atoms with Crippen molar-refractivity contribution in [3.63, 3.8) is 0 Å². The molecule has 0 saturated carbocycles. The zero-order valence-electron chi connectivity index (χ0n) is 7.08. The zero-order valence-corrected chi connectivity index (χ0v) is 7.08. The maximum Gasteiger partial charge on any atom is 0.307 e. The topological polar surface area (TPSA) is 37.3 Å². The van der Waals surface area contributed by atoms with E-state index >= 15 is 0 Å². The van der Waals surface area contributed by atoms with Gasteiger partial charge in [0.05, 0.1) is 6.42 Å². The Kier molecular flexibility index (Phi) is 2.86. The molecule has 0 radical (unpaired) electrons. The summed E-state index contributed by atoms with van der Waals surface area (Å²) in [6.45, 7) is 1.93. The lowest BCUT2D eigenvalue weighted by Gasteiger charge is -2.02. The van der Waals surface area contributed by atoms with Gasteiger partial charge in [0.15, 0.2) is 0 Å². The molecular weight excluding hydrogens is 152 g/mol. The SMILES string of the molecule is CC1=CC=CCC=C1CC(=O)O. The Morgan fingerprint density at radius 2 is 2.42 bits per heavy atom. The summed E-state index contributed by atoms with van der Waals surface area (Å²) in [5.74, 6) is -0.768. The maximum atomic E-state index is 10.4. The Morgan fingerprint density at radius 1 is 1.67 bits per heavy atom. The van der Waals surface area contributed by atoms with Crippen molar-refractivity contribution in [1.29, 1.82) is 0 Å². The molecule has 0 aromatic heterocycles. The van der Waals surface area contributed by atoms with Crippen LogP contribution in [0.15, 0.2) is 35.5 Å². The second kappa shape index (κ2) is 3.90. The molecule has 2 nitrogen and oxygen atoms in total. The van der Waals surface area contributed by atoms with Crippen molar-refractivity contribution in [2.45, 2.75) is 19.8 Å². The molecule has 0 saturated heterocycles. The Hall–Kier alpha value is -1.31. The molecular formula is C10H12O2. The number of allylic oxidation sites excluding steroid dienone is 5. The first-order valence-corrected chi connectivity index (χ1v) is 3.95. The van der Waals surface area contributed by atoms with Crippen LogP contribution in [0.25, 0.3) is 0 Å². The van der Waals surface area contributed by atoms with Gasteiger partial charge in [0, 0.05) is 0 Å². The molecule has 0 fully saturated rings. The maximum absolute atomic E-state index is 10.4. The number of hydrogen-bond acceptors (Lipinski definition) is 1. The van der Waals surface area contributed by atoms with Gasteiger partial charge in [0.2, 0.25) is 0 Å². The van der Waals surface area contributed by atoms with Crippen LogP contribution in [0.2, 0.25) is 0 Å². The quantitative estimate of drug-likeness (QED) is 0.679. The van der Waals surface area contributed by atoms with Crippen molar-refractivity contribution >= 4 is 5.97 Å². The number of carboxylic acid groups (broad SMARTS) is 1. The molecule has 0 unspecified atom stereocenters. The zero-order chi connectivity index (χ0) is 8.97. The molecule has 1 N–H and O–H groups in total. The van der Waals surface area contributed by atoms with Crippen molar-refractivity contribution in [2.24, 2.45) is 0 Å². The van der Waals surface area contributed by atoms with E-state index < -0.39 is 5.97 Å². The van der Waals surface area contributed by atoms with E-state index in [2.05, 4.69) is 0 Å². The predicted molar refractivity (Wildman–Crippen MR) is 47.8 cm³/mol. The van der Waals surface area contributed by atoms with Crippen molar-refractivity contribution in [2.75, 3.05) is 0 Å². The van der Waals surface area contributed by atoms with E-state index in [0.717, 1.165) is 17.6 Å². The highest BCUT2D eigenvalue weighted by molar-refractivity contribution is 5.71. The third-order valence-electron chi connectivity index (χ3n) is 1.83. The number of carboxylic acids is 1. The average molecular weight is 164 g/mol. The minimum Gasteiger partial charge on any atom is -0.481 e. The molecule has 0 spiro atoms. The Morgan fingerprint density at radius 3 is 3.08 bits per heavy atom. The fourth-order valence-electron chi connectivity index (χ4n) is 1.14. The van der Waals surface area contributed by atoms with Gasteiger partial charge in [-0.25, -0.2) is 0 Å². The van der Waals surface area contributed by atoms with Crippen LogP contribution in [0.5, 0.6) is 0 Å². The third-order valence-corrected chi connectivity index (χ3v) is 1.83. The highest BCUT2D eigenvalue weighted by atomic mass is 16.4. The fourth-order valence-corrected chi connectivity index (χ4v) is 1.14. The molecule has 64 valence electrons. The van der Waals surface area contributed by atoms with Gasteiger partial charge in [0.25, 0.3) is 0 Å². The highest BCUT2D eigenvalue weighted by Gasteiger charge is 2.05. The van der Waals surface area contributed by atoms with Gasteiger partial charge in [-0.2, -0.15) is 0 Å². The van der Waals surface area contributed by atoms with E-state index in [0.29, 0.717) is 0 Å². The van der Waals surface area contributed by atoms with Crippen molar-refractivity contribution in [3.05, 3.63) is 35.5 Å². The van der Waals surface area contributed by atoms with Crippen LogP contribution in [0, 0.1) is 0 Å². The first-order chi connectivity index (χ1) is 5.70. The Balaban J connectivity index is 2.75. The van der Waals surface area contributed by atoms with Gasteiger partial charge in [-0.05, 0) is 24.5 Å². The first-order valence-electron chi connectivity index (χ1n) is 3.95. The van der Waals surface area contributed by atoms with Crippen LogP contribution in [0.4, 0.5) is 0 Å². The standard InChI is InChI=1S/C10H12O2/c1-8-5-3-2-4-6-9(8)7-10(11)12/h2-3,5-6H,4,7H2,1H3,(H,11,12). The second-order valence-electron chi connectivity index (χ2n) is 2.81. The van der Waals surface area contributed by atoms with E-state index in [1.807, 2.05) is 31.2 Å². The van der Waals surface area contributed by atoms with Crippen LogP contribution in [-0.2, 0) is 4.79 Å². The van der Waals surface area contributed by atoms with Gasteiger partial charge in [-0.1, -0.05) is 24.3 Å². The van der Waals surface area contributed by atoms with Gasteiger partial charge >= 0.3 is 5.97 Å². The largest absolute Gasteiger partial charge is 0.481 e. The van der Waals surface area contributed by atoms with E-state index in [4.69, 9.17) is 5.11 Å². The predicted octanol–water partition coefficient (Wildman–Crippen LogP) is 2.29. The number of rotatable bonds is 2. The molecule has 1 rings (SSSR count). The first kappa shape index (κ1) is 8.78. The summed E-state index contributed by atoms with van der Waals surface area (Å²) in [4.78, 5) is 10.4. The van der Waals surface area contributed by atoms with E-state index in [-0.39, 0.29) is 6.42 Å². The summed E-state index contributed by atoms with van der Waals surface area (Å²) in [7, 11) is 0. The summed E-state index contributed by atoms with van der Waals surface area (Å²) in [5, 5.41) is 8.59. The lowest BCUT2D eigenvalue weighted by molar-refractivity contribution is -0.136. The lowest BCUT2D eigenvalue weighted by atomic mass is 10.0. The highest BCUT2D eigenvalue weighted by Crippen LogP contribution is 2.17. The Bertz CT molecular complexity index is 270. The third kappa shape index (κ3) is 2.38. The van der Waals surface area contributed by atoms with Crippen molar-refractivity contribution in [3.8, 4) is 0 Å². The summed E-state index contributed by atoms with van der Waals surface area (Å²) in [6.07, 6.45) is 8.84. The molecule has 0 aromatic carbocycles. The summed E-state index contributed by atoms with van der Waals surface area (Å²) >= 11 is 0. The van der Waals surface area contributed by atoms with Gasteiger partial charge in [0.1, 0.15) is 0 Å². The van der Waals surface area contributed by atoms with Crippen LogP contribution < -0.4 is 0 Å². The minimum absolute atomic E-state index is 0.129. The summed E-state index contributed by atoms with van der Waals surface area (Å²) in [5.41, 5.74) is 1.97. The van der Waals surface area contributed by atoms with Gasteiger partial charge in [-0.3, -0.25) is 4.79 Å². The van der Waals surface area contributed by atoms with E-state index in [1.165, 1.54) is 0 Å². The van der Waals surface area contributed by atoms with E-state index in [9.17, 15) is 4.79 Å². The molecule has 12 heavy (non-hydrogen) atoms. The lowest BCUT2D eigenvalue weighted by Crippen LogP contribution is -1.98. The average Bonchev–Trinajstić information content (AvgIpc) is 2.16. The molecule has 0 aromatic rings. The van der Waals surface area contributed by atoms with Crippen LogP contribution in [0.3, 0.4) is 0 Å². The molecule has 1 aliphatic carbocycles. The molecule has 0 bridgehead atoms. The van der Waals surface area contributed by atoms with Crippen LogP contribution in [-0.4, -0.2) is 11.1 Å². The summed E-state index contributed by atoms with van der Waals surface area (Å²) < 4.78 is 0. The smallest absolute Gasteiger partial charge is 0.307 e. The molecule has 0 heterocycles. The van der Waals surface area contributed by atoms with E-state index in [1.54, 1.807) is 0 Å². The number of aliphatic carboxylic acids is 1. The molecule has 0 atom stereocenters. The second-order valence-corrected chi connectivity index (χ2v) is 2.81. The number of hydrogen-bond donors (Lipinski definition) is 1. The molecule has 0 aliphatic heterocycles. The van der Waals surface area contributed by atoms with Gasteiger partial charge in [-0.15, -0.1) is 0 Å². The normalized spacial score (nSPS) is 16.4. The minimum atomic E-state index is -0.768. The van der Waals surface area contributed by atoms with Gasteiger partial charge < -0.3 is 5.11 Å². The molecule has 2 heteroatoms. The van der Waals surface area contributed by atoms with Crippen molar-refractivity contribution in [1.82, 2.24) is 0 Å². The molecule has 1 aliphatic rings. The van der Waals surface area contributed by atoms with Crippen molar-refractivity contribution < 1.29 is 9.90 Å². The molecule has 0 amide bonds. The monoisotopic (exact) mass is 164 g/mol. The number of carbonyl (C=O) groups is 1. The fraction of sp³-hybridized carbons (Fsp3) is 0.300. The summed E-state index contributed by atoms with van der Waals surface area (Å²) in [6, 6.07) is 0. The Labute approximate surface area is 71.9 Å². The van der Waals surface area contributed by atoms with Crippen LogP contribution >= 0.6 is 0 Å².